The standard InChI is InChI=1S/C12H18N2/c1-5-7-11(9(3)4)12-10(6-2)8-13-14-12/h5-9,14H,1-4H3/b7-5-,10-6-,12-11-. The molecule has 0 radical (unpaired) electrons. The van der Waals surface area contributed by atoms with Gasteiger partial charge in [-0.25, -0.2) is 0 Å². The minimum Gasteiger partial charge on any atom is -0.278 e. The average molecular weight is 190 g/mol. The third-order valence-electron chi connectivity index (χ3n) is 2.24. The van der Waals surface area contributed by atoms with E-state index >= 15 is 0 Å². The summed E-state index contributed by atoms with van der Waals surface area (Å²) in [7, 11) is 0. The Morgan fingerprint density at radius 1 is 1.43 bits per heavy atom. The number of hydrogen-bond acceptors (Lipinski definition) is 1. The smallest absolute Gasteiger partial charge is 0.0681 e. The summed E-state index contributed by atoms with van der Waals surface area (Å²) in [6.07, 6.45) is 8.15. The summed E-state index contributed by atoms with van der Waals surface area (Å²) in [6.45, 7) is 8.45. The van der Waals surface area contributed by atoms with Crippen molar-refractivity contribution in [1.82, 2.24) is 10.2 Å². The van der Waals surface area contributed by atoms with E-state index in [1.807, 2.05) is 20.0 Å². The van der Waals surface area contributed by atoms with Gasteiger partial charge >= 0.3 is 0 Å². The Morgan fingerprint density at radius 2 is 2.14 bits per heavy atom. The summed E-state index contributed by atoms with van der Waals surface area (Å²) in [6, 6.07) is 0. The van der Waals surface area contributed by atoms with Crippen LogP contribution in [0.1, 0.15) is 27.7 Å². The van der Waals surface area contributed by atoms with E-state index < -0.39 is 0 Å². The van der Waals surface area contributed by atoms with Crippen LogP contribution in [0.4, 0.5) is 0 Å². The van der Waals surface area contributed by atoms with Gasteiger partial charge in [0.05, 0.1) is 11.5 Å². The molecule has 0 fully saturated rings. The first kappa shape index (κ1) is 10.8. The monoisotopic (exact) mass is 190 g/mol. The van der Waals surface area contributed by atoms with Gasteiger partial charge in [0.15, 0.2) is 0 Å². The molecule has 2 heteroatoms. The number of hydrogen-bond donors (Lipinski definition) is 1. The molecule has 14 heavy (non-hydrogen) atoms. The highest BCUT2D eigenvalue weighted by atomic mass is 15.1. The second-order valence-corrected chi connectivity index (χ2v) is 3.60. The molecule has 0 aliphatic carbocycles. The molecule has 1 N–H and O–H groups in total. The van der Waals surface area contributed by atoms with Gasteiger partial charge in [-0.15, -0.1) is 0 Å². The van der Waals surface area contributed by atoms with Crippen LogP contribution < -0.4 is 10.6 Å². The Labute approximate surface area is 85.0 Å². The van der Waals surface area contributed by atoms with E-state index in [4.69, 9.17) is 0 Å². The molecule has 0 saturated heterocycles. The van der Waals surface area contributed by atoms with Gasteiger partial charge in [-0.1, -0.05) is 32.1 Å². The minimum absolute atomic E-state index is 0.505. The molecule has 0 aliphatic heterocycles. The summed E-state index contributed by atoms with van der Waals surface area (Å²) in [5.74, 6) is 0.505. The zero-order chi connectivity index (χ0) is 10.6. The summed E-state index contributed by atoms with van der Waals surface area (Å²) < 4.78 is 0. The molecule has 0 atom stereocenters. The first-order valence-electron chi connectivity index (χ1n) is 5.03. The molecular formula is C12H18N2. The fourth-order valence-electron chi connectivity index (χ4n) is 1.49. The Morgan fingerprint density at radius 3 is 2.64 bits per heavy atom. The highest BCUT2D eigenvalue weighted by molar-refractivity contribution is 5.57. The van der Waals surface area contributed by atoms with Crippen molar-refractivity contribution in [3.8, 4) is 0 Å². The number of nitrogens with zero attached hydrogens (tertiary/aromatic N) is 1. The van der Waals surface area contributed by atoms with E-state index in [0.717, 1.165) is 5.35 Å². The number of allylic oxidation sites excluding steroid dienone is 2. The Kier molecular flexibility index (Phi) is 3.69. The highest BCUT2D eigenvalue weighted by Crippen LogP contribution is 2.09. The summed E-state index contributed by atoms with van der Waals surface area (Å²) in [5, 5.41) is 9.43. The van der Waals surface area contributed by atoms with Crippen molar-refractivity contribution in [2.75, 3.05) is 0 Å². The van der Waals surface area contributed by atoms with Crippen LogP contribution in [0.25, 0.3) is 11.6 Å². The maximum absolute atomic E-state index is 4.07. The Bertz CT molecular complexity index is 421. The third-order valence-corrected chi connectivity index (χ3v) is 2.24. The van der Waals surface area contributed by atoms with Crippen molar-refractivity contribution >= 4 is 11.6 Å². The fraction of sp³-hybridized carbons (Fsp3) is 0.417. The van der Waals surface area contributed by atoms with Crippen LogP contribution in [0.5, 0.6) is 0 Å². The van der Waals surface area contributed by atoms with E-state index in [1.54, 1.807) is 0 Å². The van der Waals surface area contributed by atoms with Gasteiger partial charge in [0, 0.05) is 5.22 Å². The van der Waals surface area contributed by atoms with Crippen LogP contribution in [0, 0.1) is 5.92 Å². The number of aromatic nitrogens is 2. The van der Waals surface area contributed by atoms with Gasteiger partial charge in [-0.3, -0.25) is 5.10 Å². The van der Waals surface area contributed by atoms with Crippen LogP contribution in [-0.2, 0) is 0 Å². The molecule has 0 aromatic carbocycles. The molecule has 76 valence electrons. The molecule has 0 amide bonds. The topological polar surface area (TPSA) is 28.7 Å². The second kappa shape index (κ2) is 4.80. The number of rotatable bonds is 2. The molecule has 0 spiro atoms. The van der Waals surface area contributed by atoms with Crippen LogP contribution in [0.3, 0.4) is 0 Å². The predicted molar refractivity (Wildman–Crippen MR) is 61.0 cm³/mol. The SMILES string of the molecule is C\C=C/C(=c1/[nH]nc/c1=C/C)C(C)C. The maximum Gasteiger partial charge on any atom is 0.0681 e. The van der Waals surface area contributed by atoms with Crippen LogP contribution in [-0.4, -0.2) is 10.2 Å². The molecule has 2 nitrogen and oxygen atoms in total. The largest absolute Gasteiger partial charge is 0.278 e. The average Bonchev–Trinajstić information content (AvgIpc) is 2.61. The number of aromatic amines is 1. The van der Waals surface area contributed by atoms with Gasteiger partial charge in [-0.05, 0) is 25.3 Å². The van der Waals surface area contributed by atoms with Crippen LogP contribution in [0.2, 0.25) is 0 Å². The molecule has 1 rings (SSSR count). The minimum atomic E-state index is 0.505. The quantitative estimate of drug-likeness (QED) is 0.754. The zero-order valence-corrected chi connectivity index (χ0v) is 9.33. The zero-order valence-electron chi connectivity index (χ0n) is 9.33. The third kappa shape index (κ3) is 2.13. The van der Waals surface area contributed by atoms with Crippen molar-refractivity contribution in [3.05, 3.63) is 28.9 Å². The van der Waals surface area contributed by atoms with E-state index in [9.17, 15) is 0 Å². The molecule has 0 bridgehead atoms. The van der Waals surface area contributed by atoms with Crippen LogP contribution in [0.15, 0.2) is 18.3 Å². The van der Waals surface area contributed by atoms with Crippen molar-refractivity contribution in [2.24, 2.45) is 5.92 Å². The predicted octanol–water partition coefficient (Wildman–Crippen LogP) is 1.59. The highest BCUT2D eigenvalue weighted by Gasteiger charge is 2.01. The normalized spacial score (nSPS) is 15.6. The van der Waals surface area contributed by atoms with E-state index in [0.29, 0.717) is 5.92 Å². The summed E-state index contributed by atoms with van der Waals surface area (Å²) in [5.41, 5.74) is 1.30. The van der Waals surface area contributed by atoms with Gasteiger partial charge in [0.2, 0.25) is 0 Å². The molecular weight excluding hydrogens is 172 g/mol. The lowest BCUT2D eigenvalue weighted by molar-refractivity contribution is 0.846. The molecule has 0 saturated carbocycles. The first-order chi connectivity index (χ1) is 6.70. The van der Waals surface area contributed by atoms with Crippen molar-refractivity contribution < 1.29 is 0 Å². The Balaban J connectivity index is 3.52. The number of nitrogens with one attached hydrogen (secondary N) is 1. The van der Waals surface area contributed by atoms with Crippen molar-refractivity contribution in [2.45, 2.75) is 27.7 Å². The summed E-state index contributed by atoms with van der Waals surface area (Å²) in [4.78, 5) is 0. The lowest BCUT2D eigenvalue weighted by Gasteiger charge is -2.04. The van der Waals surface area contributed by atoms with Gasteiger partial charge in [-0.2, -0.15) is 5.10 Å². The van der Waals surface area contributed by atoms with Crippen molar-refractivity contribution in [3.63, 3.8) is 0 Å². The number of H-pyrrole nitrogens is 1. The lowest BCUT2D eigenvalue weighted by Crippen LogP contribution is -2.26. The summed E-state index contributed by atoms with van der Waals surface area (Å²) >= 11 is 0. The second-order valence-electron chi connectivity index (χ2n) is 3.60. The van der Waals surface area contributed by atoms with E-state index in [2.05, 4.69) is 42.3 Å². The first-order valence-corrected chi connectivity index (χ1v) is 5.03. The van der Waals surface area contributed by atoms with E-state index in [1.165, 1.54) is 10.8 Å². The van der Waals surface area contributed by atoms with Gasteiger partial charge < -0.3 is 0 Å². The Hall–Kier alpha value is -1.31. The lowest BCUT2D eigenvalue weighted by atomic mass is 10.0. The fourth-order valence-corrected chi connectivity index (χ4v) is 1.49. The molecule has 1 aromatic heterocycles. The van der Waals surface area contributed by atoms with Gasteiger partial charge in [0.1, 0.15) is 0 Å². The molecule has 0 unspecified atom stereocenters. The molecule has 1 heterocycles. The van der Waals surface area contributed by atoms with Gasteiger partial charge in [0.25, 0.3) is 0 Å². The maximum atomic E-state index is 4.07. The molecule has 0 aliphatic rings. The molecule has 1 aromatic rings. The van der Waals surface area contributed by atoms with Crippen molar-refractivity contribution in [1.29, 1.82) is 0 Å². The van der Waals surface area contributed by atoms with E-state index in [-0.39, 0.29) is 0 Å². The van der Waals surface area contributed by atoms with Crippen LogP contribution >= 0.6 is 0 Å².